The van der Waals surface area contributed by atoms with Gasteiger partial charge in [-0.15, -0.1) is 0 Å². The molecule has 3 rings (SSSR count). The molecule has 5 heteroatoms. The molecule has 0 spiro atoms. The van der Waals surface area contributed by atoms with Crippen LogP contribution in [0.15, 0.2) is 48.6 Å². The fourth-order valence-electron chi connectivity index (χ4n) is 5.20. The van der Waals surface area contributed by atoms with Crippen molar-refractivity contribution in [2.75, 3.05) is 0 Å². The molecule has 0 bridgehead atoms. The van der Waals surface area contributed by atoms with Crippen LogP contribution in [-0.2, 0) is 14.4 Å². The Bertz CT molecular complexity index is 771. The molecule has 2 N–H and O–H groups in total. The van der Waals surface area contributed by atoms with Gasteiger partial charge in [-0.05, 0) is 43.2 Å². The summed E-state index contributed by atoms with van der Waals surface area (Å²) in [6, 6.07) is 9.57. The van der Waals surface area contributed by atoms with Gasteiger partial charge in [-0.25, -0.2) is 9.68 Å². The maximum atomic E-state index is 12.7. The molecular weight excluding hydrogens is 368 g/mol. The topological polar surface area (TPSA) is 76.0 Å². The number of aliphatic hydroxyl groups is 1. The summed E-state index contributed by atoms with van der Waals surface area (Å²) in [5.41, 5.74) is -0.695. The molecule has 1 saturated carbocycles. The standard InChI is InChI=1S/C24H32O5/c1-16(2)18-12-14-23(3)19(25)13-15-24(4,29-27)22(23)21(18)28-20(26)11-10-17-8-6-5-7-9-17/h5-11,13,15-16,18-19,21-22,25,27H,12,14H2,1-4H3. The second kappa shape index (κ2) is 8.42. The molecule has 5 nitrogen and oxygen atoms in total. The van der Waals surface area contributed by atoms with E-state index in [9.17, 15) is 15.2 Å². The molecule has 29 heavy (non-hydrogen) atoms. The zero-order chi connectivity index (χ0) is 21.2. The van der Waals surface area contributed by atoms with Gasteiger partial charge in [-0.1, -0.05) is 63.3 Å². The average Bonchev–Trinajstić information content (AvgIpc) is 2.70. The maximum absolute atomic E-state index is 12.7. The number of hydrogen-bond acceptors (Lipinski definition) is 5. The van der Waals surface area contributed by atoms with Gasteiger partial charge in [0.25, 0.3) is 0 Å². The van der Waals surface area contributed by atoms with E-state index in [-0.39, 0.29) is 17.8 Å². The average molecular weight is 401 g/mol. The predicted octanol–water partition coefficient (Wildman–Crippen LogP) is 4.48. The van der Waals surface area contributed by atoms with Crippen molar-refractivity contribution in [3.63, 3.8) is 0 Å². The molecule has 6 atom stereocenters. The SMILES string of the molecule is CC(C)C1CCC2(C)C(O)C=CC(C)(OO)C2C1OC(=O)C=Cc1ccccc1. The summed E-state index contributed by atoms with van der Waals surface area (Å²) < 4.78 is 6.01. The lowest BCUT2D eigenvalue weighted by Gasteiger charge is -2.57. The summed E-state index contributed by atoms with van der Waals surface area (Å²) in [5, 5.41) is 20.5. The van der Waals surface area contributed by atoms with Crippen molar-refractivity contribution in [3.05, 3.63) is 54.1 Å². The van der Waals surface area contributed by atoms with E-state index in [0.29, 0.717) is 0 Å². The second-order valence-corrected chi connectivity index (χ2v) is 9.15. The van der Waals surface area contributed by atoms with Crippen molar-refractivity contribution >= 4 is 12.0 Å². The third kappa shape index (κ3) is 4.18. The lowest BCUT2D eigenvalue weighted by atomic mass is 9.52. The van der Waals surface area contributed by atoms with Crippen molar-refractivity contribution in [1.82, 2.24) is 0 Å². The number of fused-ring (bicyclic) bond motifs is 1. The Labute approximate surface area is 173 Å². The molecule has 1 aromatic rings. The molecule has 0 aromatic heterocycles. The normalized spacial score (nSPS) is 36.9. The fraction of sp³-hybridized carbons (Fsp3) is 0.542. The van der Waals surface area contributed by atoms with Crippen molar-refractivity contribution in [2.45, 2.75) is 58.3 Å². The Morgan fingerprint density at radius 3 is 2.55 bits per heavy atom. The molecule has 6 unspecified atom stereocenters. The number of aliphatic hydroxyl groups excluding tert-OH is 1. The molecule has 0 radical (unpaired) electrons. The van der Waals surface area contributed by atoms with E-state index in [2.05, 4.69) is 13.8 Å². The van der Waals surface area contributed by atoms with E-state index in [0.717, 1.165) is 18.4 Å². The van der Waals surface area contributed by atoms with Crippen LogP contribution in [0.4, 0.5) is 0 Å². The number of carbonyl (C=O) groups is 1. The lowest BCUT2D eigenvalue weighted by molar-refractivity contribution is -0.344. The summed E-state index contributed by atoms with van der Waals surface area (Å²) in [5.74, 6) is -0.426. The molecule has 0 aliphatic heterocycles. The van der Waals surface area contributed by atoms with Gasteiger partial charge in [0.1, 0.15) is 11.7 Å². The Kier molecular flexibility index (Phi) is 6.32. The highest BCUT2D eigenvalue weighted by Gasteiger charge is 2.60. The number of hydrogen-bond donors (Lipinski definition) is 2. The molecule has 2 aliphatic rings. The molecule has 0 heterocycles. The first kappa shape index (κ1) is 21.8. The second-order valence-electron chi connectivity index (χ2n) is 9.15. The Balaban J connectivity index is 1.92. The van der Waals surface area contributed by atoms with Gasteiger partial charge in [0.2, 0.25) is 0 Å². The van der Waals surface area contributed by atoms with Gasteiger partial charge in [0, 0.05) is 17.4 Å². The van der Waals surface area contributed by atoms with Gasteiger partial charge in [0.05, 0.1) is 6.10 Å². The van der Waals surface area contributed by atoms with Gasteiger partial charge in [-0.3, -0.25) is 5.26 Å². The number of rotatable bonds is 5. The van der Waals surface area contributed by atoms with Gasteiger partial charge < -0.3 is 9.84 Å². The van der Waals surface area contributed by atoms with E-state index in [1.54, 1.807) is 25.2 Å². The summed E-state index contributed by atoms with van der Waals surface area (Å²) >= 11 is 0. The van der Waals surface area contributed by atoms with Crippen LogP contribution in [0, 0.1) is 23.2 Å². The first-order valence-electron chi connectivity index (χ1n) is 10.3. The van der Waals surface area contributed by atoms with Crippen LogP contribution in [-0.4, -0.2) is 34.1 Å². The van der Waals surface area contributed by atoms with Crippen molar-refractivity contribution in [1.29, 1.82) is 0 Å². The third-order valence-corrected chi connectivity index (χ3v) is 6.90. The zero-order valence-electron chi connectivity index (χ0n) is 17.6. The summed E-state index contributed by atoms with van der Waals surface area (Å²) in [7, 11) is 0. The molecule has 0 amide bonds. The fourth-order valence-corrected chi connectivity index (χ4v) is 5.20. The molecule has 0 saturated heterocycles. The Hall–Kier alpha value is -1.95. The summed E-state index contributed by atoms with van der Waals surface area (Å²) in [6.45, 7) is 7.99. The number of ether oxygens (including phenoxy) is 1. The smallest absolute Gasteiger partial charge is 0.331 e. The first-order chi connectivity index (χ1) is 13.7. The minimum atomic E-state index is -1.05. The third-order valence-electron chi connectivity index (χ3n) is 6.90. The number of esters is 1. The first-order valence-corrected chi connectivity index (χ1v) is 10.3. The largest absolute Gasteiger partial charge is 0.458 e. The Morgan fingerprint density at radius 1 is 1.24 bits per heavy atom. The van der Waals surface area contributed by atoms with E-state index >= 15 is 0 Å². The molecular formula is C24H32O5. The van der Waals surface area contributed by atoms with E-state index < -0.39 is 29.2 Å². The Morgan fingerprint density at radius 2 is 1.93 bits per heavy atom. The van der Waals surface area contributed by atoms with Crippen LogP contribution in [0.25, 0.3) is 6.08 Å². The van der Waals surface area contributed by atoms with Crippen molar-refractivity contribution < 1.29 is 24.8 Å². The van der Waals surface area contributed by atoms with Crippen LogP contribution in [0.1, 0.15) is 46.1 Å². The monoisotopic (exact) mass is 400 g/mol. The minimum absolute atomic E-state index is 0.107. The highest BCUT2D eigenvalue weighted by atomic mass is 17.1. The van der Waals surface area contributed by atoms with Crippen LogP contribution in [0.5, 0.6) is 0 Å². The van der Waals surface area contributed by atoms with Gasteiger partial charge in [0.15, 0.2) is 0 Å². The minimum Gasteiger partial charge on any atom is -0.458 e. The molecule has 1 fully saturated rings. The van der Waals surface area contributed by atoms with E-state index in [4.69, 9.17) is 9.62 Å². The van der Waals surface area contributed by atoms with Gasteiger partial charge >= 0.3 is 5.97 Å². The molecule has 158 valence electrons. The van der Waals surface area contributed by atoms with E-state index in [1.807, 2.05) is 37.3 Å². The predicted molar refractivity (Wildman–Crippen MR) is 112 cm³/mol. The lowest BCUT2D eigenvalue weighted by Crippen LogP contribution is -2.62. The number of carbonyl (C=O) groups excluding carboxylic acids is 1. The summed E-state index contributed by atoms with van der Waals surface area (Å²) in [6.07, 6.45) is 6.94. The van der Waals surface area contributed by atoms with Crippen LogP contribution < -0.4 is 0 Å². The zero-order valence-corrected chi connectivity index (χ0v) is 17.6. The van der Waals surface area contributed by atoms with Crippen LogP contribution >= 0.6 is 0 Å². The highest BCUT2D eigenvalue weighted by Crippen LogP contribution is 2.56. The maximum Gasteiger partial charge on any atom is 0.331 e. The van der Waals surface area contributed by atoms with Crippen LogP contribution in [0.2, 0.25) is 0 Å². The van der Waals surface area contributed by atoms with E-state index in [1.165, 1.54) is 6.08 Å². The van der Waals surface area contributed by atoms with Crippen molar-refractivity contribution in [3.8, 4) is 0 Å². The molecule has 1 aromatic carbocycles. The van der Waals surface area contributed by atoms with Crippen LogP contribution in [0.3, 0.4) is 0 Å². The van der Waals surface area contributed by atoms with Gasteiger partial charge in [-0.2, -0.15) is 0 Å². The number of benzene rings is 1. The summed E-state index contributed by atoms with van der Waals surface area (Å²) in [4.78, 5) is 17.6. The quantitative estimate of drug-likeness (QED) is 0.251. The van der Waals surface area contributed by atoms with Crippen molar-refractivity contribution in [2.24, 2.45) is 23.2 Å². The molecule has 2 aliphatic carbocycles. The highest BCUT2D eigenvalue weighted by molar-refractivity contribution is 5.87.